The molecule has 1 aliphatic heterocycles. The number of pyridine rings is 1. The zero-order chi connectivity index (χ0) is 8.39. The van der Waals surface area contributed by atoms with Crippen LogP contribution in [0.3, 0.4) is 0 Å². The Kier molecular flexibility index (Phi) is 1.96. The standard InChI is InChI=1S/C9H13N3/c10-5-7-4-8-2-1-3-11-9(8)12-6-7/h4,6H,1-3,5,10H2,(H,11,12). The zero-order valence-corrected chi connectivity index (χ0v) is 7.01. The van der Waals surface area contributed by atoms with E-state index in [4.69, 9.17) is 5.73 Å². The van der Waals surface area contributed by atoms with E-state index in [0.717, 1.165) is 24.3 Å². The molecule has 0 radical (unpaired) electrons. The molecule has 0 aliphatic carbocycles. The van der Waals surface area contributed by atoms with E-state index < -0.39 is 0 Å². The molecule has 1 aromatic rings. The van der Waals surface area contributed by atoms with E-state index in [9.17, 15) is 0 Å². The van der Waals surface area contributed by atoms with Gasteiger partial charge in [0, 0.05) is 19.3 Å². The molecule has 0 unspecified atom stereocenters. The topological polar surface area (TPSA) is 50.9 Å². The summed E-state index contributed by atoms with van der Waals surface area (Å²) >= 11 is 0. The van der Waals surface area contributed by atoms with Gasteiger partial charge in [-0.05, 0) is 30.0 Å². The monoisotopic (exact) mass is 163 g/mol. The minimum atomic E-state index is 0.584. The Balaban J connectivity index is 2.36. The van der Waals surface area contributed by atoms with Crippen molar-refractivity contribution in [2.75, 3.05) is 11.9 Å². The second-order valence-electron chi connectivity index (χ2n) is 3.09. The van der Waals surface area contributed by atoms with Crippen LogP contribution < -0.4 is 11.1 Å². The maximum absolute atomic E-state index is 5.52. The first kappa shape index (κ1) is 7.55. The van der Waals surface area contributed by atoms with Gasteiger partial charge in [-0.15, -0.1) is 0 Å². The molecule has 0 saturated carbocycles. The predicted molar refractivity (Wildman–Crippen MR) is 48.9 cm³/mol. The largest absolute Gasteiger partial charge is 0.370 e. The lowest BCUT2D eigenvalue weighted by atomic mass is 10.1. The van der Waals surface area contributed by atoms with Crippen molar-refractivity contribution in [3.63, 3.8) is 0 Å². The van der Waals surface area contributed by atoms with Crippen LogP contribution in [-0.2, 0) is 13.0 Å². The Morgan fingerprint density at radius 1 is 1.58 bits per heavy atom. The summed E-state index contributed by atoms with van der Waals surface area (Å²) in [6.07, 6.45) is 4.17. The van der Waals surface area contributed by atoms with Crippen molar-refractivity contribution < 1.29 is 0 Å². The summed E-state index contributed by atoms with van der Waals surface area (Å²) in [5, 5.41) is 3.26. The van der Waals surface area contributed by atoms with Crippen LogP contribution in [-0.4, -0.2) is 11.5 Å². The second kappa shape index (κ2) is 3.11. The van der Waals surface area contributed by atoms with Gasteiger partial charge in [0.1, 0.15) is 5.82 Å². The van der Waals surface area contributed by atoms with E-state index in [-0.39, 0.29) is 0 Å². The molecule has 0 atom stereocenters. The highest BCUT2D eigenvalue weighted by atomic mass is 15.0. The lowest BCUT2D eigenvalue weighted by Gasteiger charge is -2.16. The van der Waals surface area contributed by atoms with Gasteiger partial charge in [-0.1, -0.05) is 0 Å². The molecule has 2 heterocycles. The summed E-state index contributed by atoms with van der Waals surface area (Å²) in [5.74, 6) is 1.04. The van der Waals surface area contributed by atoms with Gasteiger partial charge >= 0.3 is 0 Å². The maximum Gasteiger partial charge on any atom is 0.129 e. The molecule has 1 aliphatic rings. The summed E-state index contributed by atoms with van der Waals surface area (Å²) in [6.45, 7) is 1.63. The number of anilines is 1. The summed E-state index contributed by atoms with van der Waals surface area (Å²) in [7, 11) is 0. The van der Waals surface area contributed by atoms with Crippen molar-refractivity contribution in [3.8, 4) is 0 Å². The van der Waals surface area contributed by atoms with Crippen LogP contribution in [0.1, 0.15) is 17.5 Å². The van der Waals surface area contributed by atoms with Crippen LogP contribution in [0, 0.1) is 0 Å². The number of nitrogens with one attached hydrogen (secondary N) is 1. The van der Waals surface area contributed by atoms with Gasteiger partial charge in [-0.25, -0.2) is 4.98 Å². The molecular formula is C9H13N3. The molecule has 0 saturated heterocycles. The molecule has 3 nitrogen and oxygen atoms in total. The fourth-order valence-corrected chi connectivity index (χ4v) is 1.51. The van der Waals surface area contributed by atoms with Gasteiger partial charge in [0.05, 0.1) is 0 Å². The Hall–Kier alpha value is -1.09. The van der Waals surface area contributed by atoms with E-state index in [1.54, 1.807) is 0 Å². The number of rotatable bonds is 1. The maximum atomic E-state index is 5.52. The third kappa shape index (κ3) is 1.28. The Labute approximate surface area is 72.0 Å². The molecule has 0 bridgehead atoms. The minimum absolute atomic E-state index is 0.584. The number of aryl methyl sites for hydroxylation is 1. The fraction of sp³-hybridized carbons (Fsp3) is 0.444. The zero-order valence-electron chi connectivity index (χ0n) is 7.01. The van der Waals surface area contributed by atoms with Crippen LogP contribution in [0.4, 0.5) is 5.82 Å². The minimum Gasteiger partial charge on any atom is -0.370 e. The number of nitrogens with two attached hydrogens (primary N) is 1. The van der Waals surface area contributed by atoms with Crippen molar-refractivity contribution in [3.05, 3.63) is 23.4 Å². The molecule has 2 rings (SSSR count). The van der Waals surface area contributed by atoms with Crippen LogP contribution >= 0.6 is 0 Å². The highest BCUT2D eigenvalue weighted by molar-refractivity contribution is 5.47. The summed E-state index contributed by atoms with van der Waals surface area (Å²) in [4.78, 5) is 4.30. The molecule has 64 valence electrons. The Bertz CT molecular complexity index is 283. The first-order valence-corrected chi connectivity index (χ1v) is 4.32. The molecule has 0 spiro atoms. The van der Waals surface area contributed by atoms with E-state index in [2.05, 4.69) is 16.4 Å². The van der Waals surface area contributed by atoms with Crippen molar-refractivity contribution in [2.24, 2.45) is 5.73 Å². The molecule has 12 heavy (non-hydrogen) atoms. The van der Waals surface area contributed by atoms with Gasteiger partial charge in [0.2, 0.25) is 0 Å². The quantitative estimate of drug-likeness (QED) is 0.646. The van der Waals surface area contributed by atoms with Gasteiger partial charge in [-0.2, -0.15) is 0 Å². The number of fused-ring (bicyclic) bond motifs is 1. The smallest absolute Gasteiger partial charge is 0.129 e. The third-order valence-corrected chi connectivity index (χ3v) is 2.17. The fourth-order valence-electron chi connectivity index (χ4n) is 1.51. The van der Waals surface area contributed by atoms with Crippen LogP contribution in [0.15, 0.2) is 12.3 Å². The normalized spacial score (nSPS) is 15.1. The van der Waals surface area contributed by atoms with Gasteiger partial charge < -0.3 is 11.1 Å². The second-order valence-corrected chi connectivity index (χ2v) is 3.09. The summed E-state index contributed by atoms with van der Waals surface area (Å²) < 4.78 is 0. The molecule has 0 fully saturated rings. The highest BCUT2D eigenvalue weighted by Crippen LogP contribution is 2.19. The van der Waals surface area contributed by atoms with Crippen molar-refractivity contribution in [2.45, 2.75) is 19.4 Å². The van der Waals surface area contributed by atoms with Crippen molar-refractivity contribution in [1.82, 2.24) is 4.98 Å². The molecule has 3 heteroatoms. The third-order valence-electron chi connectivity index (χ3n) is 2.17. The number of aromatic nitrogens is 1. The number of nitrogens with zero attached hydrogens (tertiary/aromatic N) is 1. The molecular weight excluding hydrogens is 150 g/mol. The van der Waals surface area contributed by atoms with Crippen LogP contribution in [0.2, 0.25) is 0 Å². The Morgan fingerprint density at radius 3 is 3.33 bits per heavy atom. The number of hydrogen-bond acceptors (Lipinski definition) is 3. The van der Waals surface area contributed by atoms with E-state index in [1.807, 2.05) is 6.20 Å². The Morgan fingerprint density at radius 2 is 2.50 bits per heavy atom. The average Bonchev–Trinajstić information content (AvgIpc) is 2.17. The van der Waals surface area contributed by atoms with E-state index in [0.29, 0.717) is 6.54 Å². The predicted octanol–water partition coefficient (Wildman–Crippen LogP) is 0.898. The molecule has 0 amide bonds. The average molecular weight is 163 g/mol. The highest BCUT2D eigenvalue weighted by Gasteiger charge is 2.08. The summed E-state index contributed by atoms with van der Waals surface area (Å²) in [5.41, 5.74) is 7.95. The molecule has 3 N–H and O–H groups in total. The lowest BCUT2D eigenvalue weighted by Crippen LogP contribution is -2.14. The van der Waals surface area contributed by atoms with Gasteiger partial charge in [-0.3, -0.25) is 0 Å². The van der Waals surface area contributed by atoms with Gasteiger partial charge in [0.15, 0.2) is 0 Å². The van der Waals surface area contributed by atoms with Crippen LogP contribution in [0.25, 0.3) is 0 Å². The lowest BCUT2D eigenvalue weighted by molar-refractivity contribution is 0.813. The first-order valence-electron chi connectivity index (χ1n) is 4.32. The van der Waals surface area contributed by atoms with Crippen LogP contribution in [0.5, 0.6) is 0 Å². The first-order chi connectivity index (χ1) is 5.90. The van der Waals surface area contributed by atoms with Crippen molar-refractivity contribution >= 4 is 5.82 Å². The van der Waals surface area contributed by atoms with Crippen molar-refractivity contribution in [1.29, 1.82) is 0 Å². The SMILES string of the molecule is NCc1cnc2c(c1)CCCN2. The van der Waals surface area contributed by atoms with Gasteiger partial charge in [0.25, 0.3) is 0 Å². The van der Waals surface area contributed by atoms with E-state index in [1.165, 1.54) is 12.0 Å². The summed E-state index contributed by atoms with van der Waals surface area (Å²) in [6, 6.07) is 2.15. The van der Waals surface area contributed by atoms with E-state index >= 15 is 0 Å². The molecule has 0 aromatic carbocycles. The number of hydrogen-bond donors (Lipinski definition) is 2. The molecule has 1 aromatic heterocycles.